The molecule has 0 N–H and O–H groups in total. The van der Waals surface area contributed by atoms with E-state index < -0.39 is 0 Å². The Kier molecular flexibility index (Phi) is 30.2. The van der Waals surface area contributed by atoms with Gasteiger partial charge in [-0.05, 0) is 11.8 Å². The normalized spacial score (nSPS) is 13.4. The zero-order valence-corrected chi connectivity index (χ0v) is 25.7. The molecule has 0 aliphatic rings. The van der Waals surface area contributed by atoms with Crippen LogP contribution in [0, 0.1) is 11.8 Å². The van der Waals surface area contributed by atoms with Crippen LogP contribution >= 0.6 is 0 Å². The fraction of sp³-hybridized carbons (Fsp3) is 1.00. The van der Waals surface area contributed by atoms with E-state index in [4.69, 9.17) is 0 Å². The van der Waals surface area contributed by atoms with Crippen LogP contribution in [0.1, 0.15) is 214 Å². The molecule has 0 fully saturated rings. The molecule has 0 amide bonds. The molecule has 0 heterocycles. The Balaban J connectivity index is 3.25. The van der Waals surface area contributed by atoms with Crippen LogP contribution in [0.2, 0.25) is 0 Å². The van der Waals surface area contributed by atoms with Crippen molar-refractivity contribution in [2.24, 2.45) is 11.8 Å². The molecule has 212 valence electrons. The first kappa shape index (κ1) is 35.0. The summed E-state index contributed by atoms with van der Waals surface area (Å²) in [4.78, 5) is 0. The van der Waals surface area contributed by atoms with Gasteiger partial charge in [0.2, 0.25) is 0 Å². The largest absolute Gasteiger partial charge is 0.0654 e. The Bertz CT molecular complexity index is 359. The summed E-state index contributed by atoms with van der Waals surface area (Å²) in [6.45, 7) is 9.63. The fourth-order valence-electron chi connectivity index (χ4n) is 5.77. The van der Waals surface area contributed by atoms with Gasteiger partial charge in [-0.1, -0.05) is 214 Å². The molecule has 35 heavy (non-hydrogen) atoms. The van der Waals surface area contributed by atoms with E-state index in [9.17, 15) is 0 Å². The number of hydrogen-bond donors (Lipinski definition) is 0. The highest BCUT2D eigenvalue weighted by atomic mass is 14.1. The lowest BCUT2D eigenvalue weighted by Crippen LogP contribution is -1.97. The first-order valence-corrected chi connectivity index (χ1v) is 17.2. The summed E-state index contributed by atoms with van der Waals surface area (Å²) in [5.74, 6) is 1.92. The van der Waals surface area contributed by atoms with E-state index in [1.165, 1.54) is 186 Å². The molecule has 0 aromatic heterocycles. The zero-order valence-electron chi connectivity index (χ0n) is 25.7. The molecule has 0 spiro atoms. The fourth-order valence-corrected chi connectivity index (χ4v) is 5.77. The quantitative estimate of drug-likeness (QED) is 0.0874. The summed E-state index contributed by atoms with van der Waals surface area (Å²) in [7, 11) is 0. The van der Waals surface area contributed by atoms with Crippen molar-refractivity contribution in [1.82, 2.24) is 0 Å². The van der Waals surface area contributed by atoms with Crippen LogP contribution in [0.4, 0.5) is 0 Å². The SMILES string of the molecule is CCCCCCCCCCCCCCC(C)CCCCCC(C)CCCCCCCCCCCC. The summed E-state index contributed by atoms with van der Waals surface area (Å²) < 4.78 is 0. The van der Waals surface area contributed by atoms with Crippen molar-refractivity contribution in [3.63, 3.8) is 0 Å². The molecule has 0 bridgehead atoms. The number of hydrogen-bond acceptors (Lipinski definition) is 0. The molecule has 0 heteroatoms. The van der Waals surface area contributed by atoms with Gasteiger partial charge in [0, 0.05) is 0 Å². The minimum Gasteiger partial charge on any atom is -0.0654 e. The molecule has 0 radical (unpaired) electrons. The molecular weight excluding hydrogens is 420 g/mol. The molecule has 0 aromatic carbocycles. The smallest absolute Gasteiger partial charge is 0.0443 e. The van der Waals surface area contributed by atoms with Gasteiger partial charge in [-0.3, -0.25) is 0 Å². The van der Waals surface area contributed by atoms with Crippen molar-refractivity contribution >= 4 is 0 Å². The lowest BCUT2D eigenvalue weighted by molar-refractivity contribution is 0.407. The van der Waals surface area contributed by atoms with Crippen LogP contribution in [-0.2, 0) is 0 Å². The average molecular weight is 493 g/mol. The van der Waals surface area contributed by atoms with Gasteiger partial charge in [0.15, 0.2) is 0 Å². The monoisotopic (exact) mass is 493 g/mol. The highest BCUT2D eigenvalue weighted by molar-refractivity contribution is 4.59. The van der Waals surface area contributed by atoms with Crippen LogP contribution in [0.15, 0.2) is 0 Å². The van der Waals surface area contributed by atoms with Gasteiger partial charge in [-0.15, -0.1) is 0 Å². The van der Waals surface area contributed by atoms with E-state index in [1.807, 2.05) is 0 Å². The third-order valence-corrected chi connectivity index (χ3v) is 8.49. The molecule has 2 unspecified atom stereocenters. The molecule has 0 saturated heterocycles. The van der Waals surface area contributed by atoms with Crippen molar-refractivity contribution in [1.29, 1.82) is 0 Å². The van der Waals surface area contributed by atoms with Crippen molar-refractivity contribution in [2.75, 3.05) is 0 Å². The topological polar surface area (TPSA) is 0 Å². The highest BCUT2D eigenvalue weighted by Gasteiger charge is 2.05. The van der Waals surface area contributed by atoms with Gasteiger partial charge < -0.3 is 0 Å². The lowest BCUT2D eigenvalue weighted by Gasteiger charge is -2.13. The minimum absolute atomic E-state index is 0.960. The van der Waals surface area contributed by atoms with Gasteiger partial charge in [-0.2, -0.15) is 0 Å². The maximum atomic E-state index is 2.51. The second-order valence-electron chi connectivity index (χ2n) is 12.5. The van der Waals surface area contributed by atoms with Crippen LogP contribution in [0.3, 0.4) is 0 Å². The average Bonchev–Trinajstić information content (AvgIpc) is 2.85. The maximum absolute atomic E-state index is 2.51. The molecule has 0 rings (SSSR count). The molecule has 0 saturated carbocycles. The van der Waals surface area contributed by atoms with Gasteiger partial charge in [0.05, 0.1) is 0 Å². The lowest BCUT2D eigenvalue weighted by atomic mass is 9.93. The van der Waals surface area contributed by atoms with E-state index in [0.717, 1.165) is 11.8 Å². The first-order chi connectivity index (χ1) is 17.2. The van der Waals surface area contributed by atoms with Gasteiger partial charge in [0.1, 0.15) is 0 Å². The zero-order chi connectivity index (χ0) is 25.7. The highest BCUT2D eigenvalue weighted by Crippen LogP contribution is 2.21. The Morgan fingerprint density at radius 3 is 0.657 bits per heavy atom. The summed E-state index contributed by atoms with van der Waals surface area (Å²) in [6, 6.07) is 0. The maximum Gasteiger partial charge on any atom is -0.0443 e. The van der Waals surface area contributed by atoms with Crippen LogP contribution < -0.4 is 0 Å². The van der Waals surface area contributed by atoms with Crippen molar-refractivity contribution in [2.45, 2.75) is 214 Å². The Morgan fingerprint density at radius 2 is 0.429 bits per heavy atom. The predicted octanol–water partition coefficient (Wildman–Crippen LogP) is 13.6. The van der Waals surface area contributed by atoms with E-state index >= 15 is 0 Å². The Morgan fingerprint density at radius 1 is 0.257 bits per heavy atom. The van der Waals surface area contributed by atoms with E-state index in [1.54, 1.807) is 0 Å². The standard InChI is InChI=1S/C35H72/c1-5-7-9-11-13-15-17-18-20-22-24-27-31-35(4)33-29-25-28-32-34(3)30-26-23-21-19-16-14-12-10-8-6-2/h34-35H,5-33H2,1-4H3. The molecular formula is C35H72. The molecule has 0 aliphatic carbocycles. The van der Waals surface area contributed by atoms with Crippen LogP contribution in [-0.4, -0.2) is 0 Å². The molecule has 0 aliphatic heterocycles. The van der Waals surface area contributed by atoms with E-state index in [-0.39, 0.29) is 0 Å². The summed E-state index contributed by atoms with van der Waals surface area (Å²) in [5.41, 5.74) is 0. The summed E-state index contributed by atoms with van der Waals surface area (Å²) >= 11 is 0. The Hall–Kier alpha value is 0. The second-order valence-corrected chi connectivity index (χ2v) is 12.5. The van der Waals surface area contributed by atoms with Gasteiger partial charge in [-0.25, -0.2) is 0 Å². The van der Waals surface area contributed by atoms with Crippen LogP contribution in [0.5, 0.6) is 0 Å². The minimum atomic E-state index is 0.960. The predicted molar refractivity (Wildman–Crippen MR) is 164 cm³/mol. The molecule has 0 aromatic rings. The van der Waals surface area contributed by atoms with E-state index in [2.05, 4.69) is 27.7 Å². The summed E-state index contributed by atoms with van der Waals surface area (Å²) in [5, 5.41) is 0. The van der Waals surface area contributed by atoms with Crippen molar-refractivity contribution < 1.29 is 0 Å². The third kappa shape index (κ3) is 30.1. The third-order valence-electron chi connectivity index (χ3n) is 8.49. The summed E-state index contributed by atoms with van der Waals surface area (Å²) in [6.07, 6.45) is 42.6. The second kappa shape index (κ2) is 30.2. The Labute approximate surface area is 225 Å². The number of rotatable bonds is 30. The van der Waals surface area contributed by atoms with E-state index in [0.29, 0.717) is 0 Å². The molecule has 2 atom stereocenters. The number of unbranched alkanes of at least 4 members (excludes halogenated alkanes) is 22. The van der Waals surface area contributed by atoms with Crippen molar-refractivity contribution in [3.8, 4) is 0 Å². The van der Waals surface area contributed by atoms with Gasteiger partial charge >= 0.3 is 0 Å². The van der Waals surface area contributed by atoms with Gasteiger partial charge in [0.25, 0.3) is 0 Å². The first-order valence-electron chi connectivity index (χ1n) is 17.2. The molecule has 0 nitrogen and oxygen atoms in total. The van der Waals surface area contributed by atoms with Crippen LogP contribution in [0.25, 0.3) is 0 Å². The van der Waals surface area contributed by atoms with Crippen molar-refractivity contribution in [3.05, 3.63) is 0 Å².